The lowest BCUT2D eigenvalue weighted by Gasteiger charge is -2.33. The van der Waals surface area contributed by atoms with Crippen LogP contribution in [-0.2, 0) is 0 Å². The summed E-state index contributed by atoms with van der Waals surface area (Å²) in [5.41, 5.74) is 2.20. The van der Waals surface area contributed by atoms with Gasteiger partial charge in [0.05, 0.1) is 11.8 Å². The van der Waals surface area contributed by atoms with Crippen LogP contribution in [0.5, 0.6) is 0 Å². The molecule has 1 heterocycles. The van der Waals surface area contributed by atoms with E-state index in [2.05, 4.69) is 33.8 Å². The average Bonchev–Trinajstić information content (AvgIpc) is 2.28. The number of anilines is 1. The number of benzene rings is 1. The number of hydrogen-bond donors (Lipinski definition) is 1. The Hall–Kier alpha value is -0.190. The lowest BCUT2D eigenvalue weighted by Crippen LogP contribution is -2.36. The predicted octanol–water partition coefficient (Wildman–Crippen LogP) is 3.44. The van der Waals surface area contributed by atoms with Gasteiger partial charge in [0.15, 0.2) is 0 Å². The maximum atomic E-state index is 9.55. The van der Waals surface area contributed by atoms with Crippen molar-refractivity contribution in [2.24, 2.45) is 0 Å². The van der Waals surface area contributed by atoms with Gasteiger partial charge in [-0.2, -0.15) is 11.8 Å². The zero-order valence-electron chi connectivity index (χ0n) is 10.2. The second kappa shape index (κ2) is 5.63. The molecule has 0 bridgehead atoms. The third kappa shape index (κ3) is 3.18. The number of aliphatic hydroxyl groups is 1. The molecule has 0 radical (unpaired) electrons. The molecule has 1 N–H and O–H groups in total. The first-order chi connectivity index (χ1) is 8.08. The number of aliphatic hydroxyl groups excluding tert-OH is 1. The molecule has 1 fully saturated rings. The van der Waals surface area contributed by atoms with Crippen molar-refractivity contribution in [1.29, 1.82) is 0 Å². The topological polar surface area (TPSA) is 23.5 Å². The Bertz CT molecular complexity index is 397. The molecule has 17 heavy (non-hydrogen) atoms. The fourth-order valence-corrected chi connectivity index (χ4v) is 3.74. The standard InChI is InChI=1S/C13H18BrNOS/c1-9-8-15(5-6-17-9)13-4-3-11(10(2)16)7-12(13)14/h3-4,7,9-10,16H,5-6,8H2,1-2H3/t9?,10-/m1/s1. The minimum Gasteiger partial charge on any atom is -0.389 e. The van der Waals surface area contributed by atoms with Gasteiger partial charge in [0.1, 0.15) is 0 Å². The fourth-order valence-electron chi connectivity index (χ4n) is 2.08. The average molecular weight is 316 g/mol. The molecule has 2 nitrogen and oxygen atoms in total. The molecule has 1 unspecified atom stereocenters. The highest BCUT2D eigenvalue weighted by Gasteiger charge is 2.19. The van der Waals surface area contributed by atoms with E-state index in [0.29, 0.717) is 5.25 Å². The summed E-state index contributed by atoms with van der Waals surface area (Å²) < 4.78 is 1.08. The Morgan fingerprint density at radius 1 is 1.53 bits per heavy atom. The molecule has 1 saturated heterocycles. The summed E-state index contributed by atoms with van der Waals surface area (Å²) in [7, 11) is 0. The summed E-state index contributed by atoms with van der Waals surface area (Å²) in [5, 5.41) is 10.2. The molecular formula is C13H18BrNOS. The normalized spacial score (nSPS) is 22.6. The highest BCUT2D eigenvalue weighted by atomic mass is 79.9. The van der Waals surface area contributed by atoms with E-state index in [0.717, 1.165) is 23.1 Å². The minimum atomic E-state index is -0.406. The van der Waals surface area contributed by atoms with Crippen molar-refractivity contribution in [3.8, 4) is 0 Å². The first-order valence-electron chi connectivity index (χ1n) is 5.92. The van der Waals surface area contributed by atoms with Gasteiger partial charge in [0.25, 0.3) is 0 Å². The maximum absolute atomic E-state index is 9.55. The zero-order chi connectivity index (χ0) is 12.4. The molecule has 0 aromatic heterocycles. The Morgan fingerprint density at radius 2 is 2.29 bits per heavy atom. The number of hydrogen-bond acceptors (Lipinski definition) is 3. The SMILES string of the molecule is CC1CN(c2ccc([C@@H](C)O)cc2Br)CCS1. The number of nitrogens with zero attached hydrogens (tertiary/aromatic N) is 1. The molecule has 0 aliphatic carbocycles. The van der Waals surface area contributed by atoms with Gasteiger partial charge in [-0.25, -0.2) is 0 Å². The third-order valence-corrected chi connectivity index (χ3v) is 4.81. The van der Waals surface area contributed by atoms with Crippen LogP contribution in [0.3, 0.4) is 0 Å². The third-order valence-electron chi connectivity index (χ3n) is 3.04. The van der Waals surface area contributed by atoms with Crippen molar-refractivity contribution < 1.29 is 5.11 Å². The summed E-state index contributed by atoms with van der Waals surface area (Å²) in [4.78, 5) is 2.41. The van der Waals surface area contributed by atoms with Gasteiger partial charge in [-0.3, -0.25) is 0 Å². The van der Waals surface area contributed by atoms with Gasteiger partial charge in [0.2, 0.25) is 0 Å². The van der Waals surface area contributed by atoms with Crippen LogP contribution in [0, 0.1) is 0 Å². The fraction of sp³-hybridized carbons (Fsp3) is 0.538. The van der Waals surface area contributed by atoms with E-state index in [1.165, 1.54) is 11.4 Å². The molecule has 1 aliphatic rings. The van der Waals surface area contributed by atoms with Gasteiger partial charge in [-0.15, -0.1) is 0 Å². The van der Waals surface area contributed by atoms with Crippen molar-refractivity contribution in [2.75, 3.05) is 23.7 Å². The van der Waals surface area contributed by atoms with Crippen molar-refractivity contribution in [3.63, 3.8) is 0 Å². The van der Waals surface area contributed by atoms with Crippen LogP contribution < -0.4 is 4.90 Å². The molecule has 2 rings (SSSR count). The van der Waals surface area contributed by atoms with Crippen LogP contribution in [0.15, 0.2) is 22.7 Å². The predicted molar refractivity (Wildman–Crippen MR) is 78.9 cm³/mol. The van der Waals surface area contributed by atoms with Crippen molar-refractivity contribution in [2.45, 2.75) is 25.2 Å². The van der Waals surface area contributed by atoms with Gasteiger partial charge in [0, 0.05) is 28.6 Å². The van der Waals surface area contributed by atoms with E-state index in [1.54, 1.807) is 6.92 Å². The summed E-state index contributed by atoms with van der Waals surface area (Å²) in [5.74, 6) is 1.19. The molecule has 1 aliphatic heterocycles. The molecule has 1 aromatic rings. The van der Waals surface area contributed by atoms with E-state index >= 15 is 0 Å². The molecule has 1 aromatic carbocycles. The quantitative estimate of drug-likeness (QED) is 0.904. The van der Waals surface area contributed by atoms with Crippen LogP contribution in [0.4, 0.5) is 5.69 Å². The Morgan fingerprint density at radius 3 is 2.88 bits per heavy atom. The van der Waals surface area contributed by atoms with Crippen LogP contribution in [-0.4, -0.2) is 29.2 Å². The van der Waals surface area contributed by atoms with Crippen molar-refractivity contribution in [1.82, 2.24) is 0 Å². The van der Waals surface area contributed by atoms with Gasteiger partial charge >= 0.3 is 0 Å². The van der Waals surface area contributed by atoms with Crippen molar-refractivity contribution >= 4 is 33.4 Å². The number of rotatable bonds is 2. The highest BCUT2D eigenvalue weighted by Crippen LogP contribution is 2.32. The van der Waals surface area contributed by atoms with E-state index in [-0.39, 0.29) is 0 Å². The summed E-state index contributed by atoms with van der Waals surface area (Å²) >= 11 is 5.64. The van der Waals surface area contributed by atoms with Crippen LogP contribution in [0.25, 0.3) is 0 Å². The van der Waals surface area contributed by atoms with Crippen LogP contribution >= 0.6 is 27.7 Å². The van der Waals surface area contributed by atoms with Gasteiger partial charge in [-0.1, -0.05) is 13.0 Å². The molecule has 0 spiro atoms. The summed E-state index contributed by atoms with van der Waals surface area (Å²) in [6, 6.07) is 6.14. The lowest BCUT2D eigenvalue weighted by atomic mass is 10.1. The summed E-state index contributed by atoms with van der Waals surface area (Å²) in [6.45, 7) is 6.26. The Balaban J connectivity index is 2.21. The highest BCUT2D eigenvalue weighted by molar-refractivity contribution is 9.10. The van der Waals surface area contributed by atoms with Crippen LogP contribution in [0.2, 0.25) is 0 Å². The van der Waals surface area contributed by atoms with Crippen molar-refractivity contribution in [3.05, 3.63) is 28.2 Å². The minimum absolute atomic E-state index is 0.406. The first kappa shape index (κ1) is 13.2. The maximum Gasteiger partial charge on any atom is 0.0762 e. The van der Waals surface area contributed by atoms with Gasteiger partial charge in [-0.05, 0) is 40.5 Å². The molecule has 94 valence electrons. The first-order valence-corrected chi connectivity index (χ1v) is 7.76. The van der Waals surface area contributed by atoms with E-state index in [4.69, 9.17) is 0 Å². The smallest absolute Gasteiger partial charge is 0.0762 e. The summed E-state index contributed by atoms with van der Waals surface area (Å²) in [6.07, 6.45) is -0.406. The molecule has 0 saturated carbocycles. The molecular weight excluding hydrogens is 298 g/mol. The molecule has 0 amide bonds. The molecule has 4 heteroatoms. The van der Waals surface area contributed by atoms with E-state index in [9.17, 15) is 5.11 Å². The second-order valence-electron chi connectivity index (χ2n) is 4.51. The van der Waals surface area contributed by atoms with E-state index < -0.39 is 6.10 Å². The second-order valence-corrected chi connectivity index (χ2v) is 6.91. The van der Waals surface area contributed by atoms with Gasteiger partial charge < -0.3 is 10.0 Å². The van der Waals surface area contributed by atoms with Crippen LogP contribution in [0.1, 0.15) is 25.5 Å². The lowest BCUT2D eigenvalue weighted by molar-refractivity contribution is 0.199. The number of halogens is 1. The largest absolute Gasteiger partial charge is 0.389 e. The Kier molecular flexibility index (Phi) is 4.39. The van der Waals surface area contributed by atoms with E-state index in [1.807, 2.05) is 23.9 Å². The molecule has 2 atom stereocenters. The Labute approximate surface area is 116 Å². The monoisotopic (exact) mass is 315 g/mol. The zero-order valence-corrected chi connectivity index (χ0v) is 12.6. The number of thioether (sulfide) groups is 1.